The molecule has 0 fully saturated rings. The molecule has 1 amide bonds. The highest BCUT2D eigenvalue weighted by atomic mass is 16.3. The quantitative estimate of drug-likeness (QED) is 0.783. The van der Waals surface area contributed by atoms with Crippen LogP contribution in [0.2, 0.25) is 0 Å². The summed E-state index contributed by atoms with van der Waals surface area (Å²) in [6, 6.07) is 8.07. The van der Waals surface area contributed by atoms with E-state index in [0.717, 1.165) is 12.0 Å². The maximum atomic E-state index is 11.5. The van der Waals surface area contributed by atoms with Gasteiger partial charge in [-0.15, -0.1) is 0 Å². The summed E-state index contributed by atoms with van der Waals surface area (Å²) in [5.74, 6) is -0.198. The Morgan fingerprint density at radius 3 is 2.44 bits per heavy atom. The molecule has 3 nitrogen and oxygen atoms in total. The zero-order chi connectivity index (χ0) is 13.6. The van der Waals surface area contributed by atoms with Crippen molar-refractivity contribution in [2.24, 2.45) is 0 Å². The lowest BCUT2D eigenvalue weighted by atomic mass is 10.1. The molecule has 3 heteroatoms. The van der Waals surface area contributed by atoms with E-state index in [-0.39, 0.29) is 12.5 Å². The largest absolute Gasteiger partial charge is 0.389 e. The van der Waals surface area contributed by atoms with E-state index in [1.807, 2.05) is 12.1 Å². The lowest BCUT2D eigenvalue weighted by Gasteiger charge is -2.16. The molecule has 0 saturated carbocycles. The molecule has 2 N–H and O–H groups in total. The summed E-state index contributed by atoms with van der Waals surface area (Å²) in [6.07, 6.45) is 4.25. The fourth-order valence-corrected chi connectivity index (χ4v) is 1.40. The van der Waals surface area contributed by atoms with Crippen molar-refractivity contribution in [1.29, 1.82) is 0 Å². The van der Waals surface area contributed by atoms with Gasteiger partial charge in [0.1, 0.15) is 0 Å². The topological polar surface area (TPSA) is 49.3 Å². The molecule has 0 saturated heterocycles. The van der Waals surface area contributed by atoms with Crippen LogP contribution in [0.4, 0.5) is 0 Å². The highest BCUT2D eigenvalue weighted by molar-refractivity contribution is 5.91. The van der Waals surface area contributed by atoms with Gasteiger partial charge in [0.05, 0.1) is 5.60 Å². The summed E-state index contributed by atoms with van der Waals surface area (Å²) in [5, 5.41) is 12.1. The number of carbonyl (C=O) groups is 1. The van der Waals surface area contributed by atoms with Gasteiger partial charge in [-0.1, -0.05) is 31.2 Å². The Balaban J connectivity index is 2.50. The molecule has 98 valence electrons. The maximum absolute atomic E-state index is 11.5. The predicted octanol–water partition coefficient (Wildman–Crippen LogP) is 2.15. The fraction of sp³-hybridized carbons (Fsp3) is 0.400. The monoisotopic (exact) mass is 247 g/mol. The molecule has 1 aromatic rings. The predicted molar refractivity (Wildman–Crippen MR) is 74.2 cm³/mol. The second kappa shape index (κ2) is 6.36. The van der Waals surface area contributed by atoms with Gasteiger partial charge in [0.25, 0.3) is 0 Å². The molecule has 0 unspecified atom stereocenters. The first-order valence-corrected chi connectivity index (χ1v) is 6.18. The Morgan fingerprint density at radius 1 is 1.33 bits per heavy atom. The molecule has 0 aromatic heterocycles. The standard InChI is InChI=1S/C15H21NO2/c1-4-12-5-7-13(8-6-12)9-10-14(17)16-11-15(2,3)18/h5-10,18H,4,11H2,1-3H3,(H,16,17). The van der Waals surface area contributed by atoms with E-state index >= 15 is 0 Å². The van der Waals surface area contributed by atoms with Gasteiger partial charge < -0.3 is 10.4 Å². The van der Waals surface area contributed by atoms with Crippen LogP contribution in [0.15, 0.2) is 30.3 Å². The van der Waals surface area contributed by atoms with Crippen LogP contribution in [0.25, 0.3) is 6.08 Å². The zero-order valence-electron chi connectivity index (χ0n) is 11.2. The van der Waals surface area contributed by atoms with Gasteiger partial charge in [-0.05, 0) is 37.5 Å². The van der Waals surface area contributed by atoms with Crippen molar-refractivity contribution < 1.29 is 9.90 Å². The van der Waals surface area contributed by atoms with Crippen LogP contribution in [-0.2, 0) is 11.2 Å². The Hall–Kier alpha value is -1.61. The molecule has 0 atom stereocenters. The fourth-order valence-electron chi connectivity index (χ4n) is 1.40. The van der Waals surface area contributed by atoms with E-state index in [1.165, 1.54) is 11.6 Å². The number of hydrogen-bond acceptors (Lipinski definition) is 2. The van der Waals surface area contributed by atoms with E-state index in [1.54, 1.807) is 19.9 Å². The first-order chi connectivity index (χ1) is 8.40. The van der Waals surface area contributed by atoms with Crippen molar-refractivity contribution in [1.82, 2.24) is 5.32 Å². The molecule has 0 aliphatic carbocycles. The molecule has 0 heterocycles. The average molecular weight is 247 g/mol. The molecular weight excluding hydrogens is 226 g/mol. The first kappa shape index (κ1) is 14.5. The molecular formula is C15H21NO2. The Labute approximate surface area is 109 Å². The molecule has 1 rings (SSSR count). The second-order valence-corrected chi connectivity index (χ2v) is 4.96. The van der Waals surface area contributed by atoms with Crippen LogP contribution in [0.5, 0.6) is 0 Å². The van der Waals surface area contributed by atoms with E-state index in [0.29, 0.717) is 0 Å². The molecule has 0 radical (unpaired) electrons. The maximum Gasteiger partial charge on any atom is 0.244 e. The highest BCUT2D eigenvalue weighted by Crippen LogP contribution is 2.06. The third-order valence-electron chi connectivity index (χ3n) is 2.51. The Bertz CT molecular complexity index is 413. The summed E-state index contributed by atoms with van der Waals surface area (Å²) in [7, 11) is 0. The Morgan fingerprint density at radius 2 is 1.94 bits per heavy atom. The van der Waals surface area contributed by atoms with Crippen LogP contribution in [0.1, 0.15) is 31.9 Å². The minimum absolute atomic E-state index is 0.198. The number of aryl methyl sites for hydroxylation is 1. The summed E-state index contributed by atoms with van der Waals surface area (Å²) in [6.45, 7) is 5.65. The highest BCUT2D eigenvalue weighted by Gasteiger charge is 2.12. The van der Waals surface area contributed by atoms with Gasteiger partial charge in [-0.25, -0.2) is 0 Å². The number of hydrogen-bond donors (Lipinski definition) is 2. The normalized spacial score (nSPS) is 11.8. The van der Waals surface area contributed by atoms with Gasteiger partial charge >= 0.3 is 0 Å². The van der Waals surface area contributed by atoms with Gasteiger partial charge in [-0.3, -0.25) is 4.79 Å². The lowest BCUT2D eigenvalue weighted by Crippen LogP contribution is -2.37. The van der Waals surface area contributed by atoms with Crippen LogP contribution < -0.4 is 5.32 Å². The lowest BCUT2D eigenvalue weighted by molar-refractivity contribution is -0.117. The molecule has 18 heavy (non-hydrogen) atoms. The third kappa shape index (κ3) is 5.64. The van der Waals surface area contributed by atoms with Crippen LogP contribution in [-0.4, -0.2) is 23.2 Å². The van der Waals surface area contributed by atoms with Gasteiger partial charge in [-0.2, -0.15) is 0 Å². The molecule has 0 aliphatic rings. The van der Waals surface area contributed by atoms with E-state index in [4.69, 9.17) is 0 Å². The van der Waals surface area contributed by atoms with Gasteiger partial charge in [0.15, 0.2) is 0 Å². The number of carbonyl (C=O) groups excluding carboxylic acids is 1. The van der Waals surface area contributed by atoms with E-state index < -0.39 is 5.60 Å². The molecule has 0 bridgehead atoms. The minimum atomic E-state index is -0.883. The summed E-state index contributed by atoms with van der Waals surface area (Å²) < 4.78 is 0. The zero-order valence-corrected chi connectivity index (χ0v) is 11.2. The molecule has 0 spiro atoms. The summed E-state index contributed by atoms with van der Waals surface area (Å²) in [4.78, 5) is 11.5. The summed E-state index contributed by atoms with van der Waals surface area (Å²) >= 11 is 0. The first-order valence-electron chi connectivity index (χ1n) is 6.18. The van der Waals surface area contributed by atoms with Crippen molar-refractivity contribution in [2.75, 3.05) is 6.54 Å². The van der Waals surface area contributed by atoms with Crippen molar-refractivity contribution in [3.05, 3.63) is 41.5 Å². The number of amides is 1. The van der Waals surface area contributed by atoms with Crippen molar-refractivity contribution in [3.8, 4) is 0 Å². The van der Waals surface area contributed by atoms with Crippen molar-refractivity contribution >= 4 is 12.0 Å². The number of nitrogens with one attached hydrogen (secondary N) is 1. The number of rotatable bonds is 5. The SMILES string of the molecule is CCc1ccc(C=CC(=O)NCC(C)(C)O)cc1. The number of aliphatic hydroxyl groups is 1. The smallest absolute Gasteiger partial charge is 0.244 e. The van der Waals surface area contributed by atoms with Crippen LogP contribution in [0, 0.1) is 0 Å². The van der Waals surface area contributed by atoms with E-state index in [9.17, 15) is 9.90 Å². The minimum Gasteiger partial charge on any atom is -0.389 e. The van der Waals surface area contributed by atoms with Crippen molar-refractivity contribution in [2.45, 2.75) is 32.8 Å². The van der Waals surface area contributed by atoms with Crippen LogP contribution >= 0.6 is 0 Å². The van der Waals surface area contributed by atoms with Gasteiger partial charge in [0, 0.05) is 12.6 Å². The number of benzene rings is 1. The van der Waals surface area contributed by atoms with Crippen LogP contribution in [0.3, 0.4) is 0 Å². The van der Waals surface area contributed by atoms with Gasteiger partial charge in [0.2, 0.25) is 5.91 Å². The third-order valence-corrected chi connectivity index (χ3v) is 2.51. The Kier molecular flexibility index (Phi) is 5.10. The summed E-state index contributed by atoms with van der Waals surface area (Å²) in [5.41, 5.74) is 1.39. The molecule has 1 aromatic carbocycles. The molecule has 0 aliphatic heterocycles. The van der Waals surface area contributed by atoms with E-state index in [2.05, 4.69) is 24.4 Å². The average Bonchev–Trinajstić information content (AvgIpc) is 2.33. The second-order valence-electron chi connectivity index (χ2n) is 4.96. The van der Waals surface area contributed by atoms with Crippen molar-refractivity contribution in [3.63, 3.8) is 0 Å².